The Balaban J connectivity index is 2.08. The van der Waals surface area contributed by atoms with Crippen LogP contribution in [-0.4, -0.2) is 5.91 Å². The number of thiophene rings is 1. The Morgan fingerprint density at radius 2 is 2.15 bits per heavy atom. The number of rotatable bonds is 5. The predicted molar refractivity (Wildman–Crippen MR) is 86.2 cm³/mol. The third-order valence-electron chi connectivity index (χ3n) is 3.06. The highest BCUT2D eigenvalue weighted by Gasteiger charge is 2.05. The first kappa shape index (κ1) is 14.4. The summed E-state index contributed by atoms with van der Waals surface area (Å²) in [4.78, 5) is 12.5. The minimum absolute atomic E-state index is 0.0160. The van der Waals surface area contributed by atoms with Gasteiger partial charge in [0, 0.05) is 28.4 Å². The van der Waals surface area contributed by atoms with Crippen molar-refractivity contribution < 1.29 is 4.79 Å². The number of nitrogens with one attached hydrogen (secondary N) is 2. The zero-order chi connectivity index (χ0) is 14.5. The van der Waals surface area contributed by atoms with Crippen molar-refractivity contribution in [2.24, 2.45) is 0 Å². The highest BCUT2D eigenvalue weighted by atomic mass is 32.1. The fraction of sp³-hybridized carbons (Fsp3) is 0.267. The summed E-state index contributed by atoms with van der Waals surface area (Å²) < 4.78 is 0. The first-order valence-electron chi connectivity index (χ1n) is 6.56. The molecule has 4 nitrogen and oxygen atoms in total. The maximum absolute atomic E-state index is 11.4. The Morgan fingerprint density at radius 1 is 1.35 bits per heavy atom. The van der Waals surface area contributed by atoms with Crippen LogP contribution in [-0.2, 0) is 11.3 Å². The van der Waals surface area contributed by atoms with E-state index in [1.54, 1.807) is 11.3 Å². The standard InChI is InChI=1S/C15H19N3OS/c1-3-15(19)18-11-5-4-10(2)13(8-11)17-9-14-12(16)6-7-20-14/h4-8,17H,3,9,16H2,1-2H3,(H,18,19). The van der Waals surface area contributed by atoms with Crippen molar-refractivity contribution in [1.29, 1.82) is 0 Å². The third kappa shape index (κ3) is 3.51. The van der Waals surface area contributed by atoms with Crippen LogP contribution in [0.15, 0.2) is 29.6 Å². The van der Waals surface area contributed by atoms with Gasteiger partial charge in [-0.25, -0.2) is 0 Å². The number of amides is 1. The molecular formula is C15H19N3OS. The van der Waals surface area contributed by atoms with Crippen molar-refractivity contribution in [1.82, 2.24) is 0 Å². The van der Waals surface area contributed by atoms with E-state index < -0.39 is 0 Å². The molecule has 0 spiro atoms. The molecule has 0 saturated carbocycles. The van der Waals surface area contributed by atoms with Crippen LogP contribution in [0.2, 0.25) is 0 Å². The highest BCUT2D eigenvalue weighted by molar-refractivity contribution is 7.10. The van der Waals surface area contributed by atoms with Gasteiger partial charge < -0.3 is 16.4 Å². The van der Waals surface area contributed by atoms with Gasteiger partial charge in [-0.1, -0.05) is 13.0 Å². The van der Waals surface area contributed by atoms with E-state index in [0.29, 0.717) is 13.0 Å². The average Bonchev–Trinajstić information content (AvgIpc) is 2.84. The number of nitrogens with two attached hydrogens (primary N) is 1. The Bertz CT molecular complexity index is 607. The number of hydrogen-bond donors (Lipinski definition) is 3. The molecule has 0 radical (unpaired) electrons. The molecule has 1 heterocycles. The van der Waals surface area contributed by atoms with Crippen molar-refractivity contribution in [3.63, 3.8) is 0 Å². The summed E-state index contributed by atoms with van der Waals surface area (Å²) in [7, 11) is 0. The molecular weight excluding hydrogens is 270 g/mol. The van der Waals surface area contributed by atoms with Crippen molar-refractivity contribution in [2.45, 2.75) is 26.8 Å². The molecule has 0 aliphatic heterocycles. The van der Waals surface area contributed by atoms with Gasteiger partial charge in [-0.2, -0.15) is 0 Å². The van der Waals surface area contributed by atoms with Crippen LogP contribution in [0.25, 0.3) is 0 Å². The molecule has 2 aromatic rings. The highest BCUT2D eigenvalue weighted by Crippen LogP contribution is 2.24. The lowest BCUT2D eigenvalue weighted by Crippen LogP contribution is -2.10. The summed E-state index contributed by atoms with van der Waals surface area (Å²) in [6, 6.07) is 7.76. The molecule has 0 atom stereocenters. The van der Waals surface area contributed by atoms with E-state index >= 15 is 0 Å². The lowest BCUT2D eigenvalue weighted by Gasteiger charge is -2.12. The summed E-state index contributed by atoms with van der Waals surface area (Å²) in [5.41, 5.74) is 9.63. The van der Waals surface area contributed by atoms with Crippen LogP contribution in [0.5, 0.6) is 0 Å². The topological polar surface area (TPSA) is 67.2 Å². The summed E-state index contributed by atoms with van der Waals surface area (Å²) >= 11 is 1.64. The van der Waals surface area contributed by atoms with Gasteiger partial charge in [0.15, 0.2) is 0 Å². The summed E-state index contributed by atoms with van der Waals surface area (Å²) in [6.45, 7) is 4.56. The van der Waals surface area contributed by atoms with Gasteiger partial charge in [-0.05, 0) is 36.1 Å². The van der Waals surface area contributed by atoms with E-state index in [0.717, 1.165) is 27.5 Å². The van der Waals surface area contributed by atoms with Gasteiger partial charge in [0.1, 0.15) is 0 Å². The van der Waals surface area contributed by atoms with Crippen LogP contribution in [0.1, 0.15) is 23.8 Å². The maximum Gasteiger partial charge on any atom is 0.224 e. The molecule has 5 heteroatoms. The monoisotopic (exact) mass is 289 g/mol. The van der Waals surface area contributed by atoms with E-state index in [-0.39, 0.29) is 5.91 Å². The molecule has 1 amide bonds. The van der Waals surface area contributed by atoms with Crippen LogP contribution in [0, 0.1) is 6.92 Å². The lowest BCUT2D eigenvalue weighted by atomic mass is 10.1. The van der Waals surface area contributed by atoms with E-state index in [1.165, 1.54) is 0 Å². The first-order chi connectivity index (χ1) is 9.60. The van der Waals surface area contributed by atoms with Crippen molar-refractivity contribution in [2.75, 3.05) is 16.4 Å². The third-order valence-corrected chi connectivity index (χ3v) is 4.00. The largest absolute Gasteiger partial charge is 0.398 e. The van der Waals surface area contributed by atoms with Crippen LogP contribution in [0.4, 0.5) is 17.1 Å². The second-order valence-electron chi connectivity index (χ2n) is 4.58. The molecule has 0 saturated heterocycles. The predicted octanol–water partition coefficient (Wildman–Crippen LogP) is 3.60. The zero-order valence-corrected chi connectivity index (χ0v) is 12.5. The Labute approximate surface area is 123 Å². The first-order valence-corrected chi connectivity index (χ1v) is 7.44. The average molecular weight is 289 g/mol. The van der Waals surface area contributed by atoms with Crippen LogP contribution < -0.4 is 16.4 Å². The van der Waals surface area contributed by atoms with E-state index in [4.69, 9.17) is 5.73 Å². The Kier molecular flexibility index (Phi) is 4.63. The van der Waals surface area contributed by atoms with E-state index in [9.17, 15) is 4.79 Å². The maximum atomic E-state index is 11.4. The lowest BCUT2D eigenvalue weighted by molar-refractivity contribution is -0.115. The number of benzene rings is 1. The van der Waals surface area contributed by atoms with Gasteiger partial charge in [-0.3, -0.25) is 4.79 Å². The normalized spacial score (nSPS) is 10.3. The number of anilines is 3. The Morgan fingerprint density at radius 3 is 2.80 bits per heavy atom. The molecule has 0 unspecified atom stereocenters. The minimum Gasteiger partial charge on any atom is -0.398 e. The van der Waals surface area contributed by atoms with E-state index in [1.807, 2.05) is 43.5 Å². The van der Waals surface area contributed by atoms with Crippen molar-refractivity contribution in [3.8, 4) is 0 Å². The number of nitrogen functional groups attached to an aromatic ring is 1. The molecule has 0 aliphatic carbocycles. The molecule has 106 valence electrons. The van der Waals surface area contributed by atoms with Gasteiger partial charge in [0.2, 0.25) is 5.91 Å². The van der Waals surface area contributed by atoms with Crippen LogP contribution >= 0.6 is 11.3 Å². The number of carbonyl (C=O) groups is 1. The number of aryl methyl sites for hydroxylation is 1. The van der Waals surface area contributed by atoms with Gasteiger partial charge in [0.05, 0.1) is 6.54 Å². The van der Waals surface area contributed by atoms with Gasteiger partial charge in [0.25, 0.3) is 0 Å². The second kappa shape index (κ2) is 6.43. The fourth-order valence-electron chi connectivity index (χ4n) is 1.81. The van der Waals surface area contributed by atoms with Gasteiger partial charge in [-0.15, -0.1) is 11.3 Å². The smallest absolute Gasteiger partial charge is 0.224 e. The van der Waals surface area contributed by atoms with Crippen LogP contribution in [0.3, 0.4) is 0 Å². The number of carbonyl (C=O) groups excluding carboxylic acids is 1. The van der Waals surface area contributed by atoms with Gasteiger partial charge >= 0.3 is 0 Å². The summed E-state index contributed by atoms with van der Waals surface area (Å²) in [6.07, 6.45) is 0.475. The second-order valence-corrected chi connectivity index (χ2v) is 5.58. The molecule has 0 bridgehead atoms. The molecule has 2 rings (SSSR count). The quantitative estimate of drug-likeness (QED) is 0.788. The van der Waals surface area contributed by atoms with Crippen molar-refractivity contribution in [3.05, 3.63) is 40.1 Å². The molecule has 4 N–H and O–H groups in total. The molecule has 1 aromatic carbocycles. The number of hydrogen-bond acceptors (Lipinski definition) is 4. The van der Waals surface area contributed by atoms with Crippen molar-refractivity contribution >= 4 is 34.3 Å². The summed E-state index contributed by atoms with van der Waals surface area (Å²) in [5, 5.41) is 8.21. The molecule has 20 heavy (non-hydrogen) atoms. The summed E-state index contributed by atoms with van der Waals surface area (Å²) in [5.74, 6) is 0.0160. The zero-order valence-electron chi connectivity index (χ0n) is 11.7. The Hall–Kier alpha value is -2.01. The molecule has 0 aliphatic rings. The molecule has 1 aromatic heterocycles. The fourth-order valence-corrected chi connectivity index (χ4v) is 2.55. The minimum atomic E-state index is 0.0160. The SMILES string of the molecule is CCC(=O)Nc1ccc(C)c(NCc2sccc2N)c1. The van der Waals surface area contributed by atoms with E-state index in [2.05, 4.69) is 10.6 Å². The molecule has 0 fully saturated rings.